The number of hydrogen-bond donors (Lipinski definition) is 2. The molecule has 2 N–H and O–H groups in total. The third-order valence-corrected chi connectivity index (χ3v) is 3.15. The van der Waals surface area contributed by atoms with Crippen LogP contribution in [0.4, 0.5) is 0 Å². The molecule has 0 amide bonds. The van der Waals surface area contributed by atoms with E-state index in [1.165, 1.54) is 5.56 Å². The molecule has 2 aromatic rings. The molecule has 0 aliphatic rings. The van der Waals surface area contributed by atoms with Crippen LogP contribution >= 0.6 is 0 Å². The monoisotopic (exact) mass is 247 g/mol. The van der Waals surface area contributed by atoms with Crippen molar-refractivity contribution in [1.29, 1.82) is 0 Å². The molecule has 18 heavy (non-hydrogen) atoms. The van der Waals surface area contributed by atoms with Crippen LogP contribution in [0.3, 0.4) is 0 Å². The molecule has 4 nitrogen and oxygen atoms in total. The van der Waals surface area contributed by atoms with Gasteiger partial charge < -0.3 is 15.0 Å². The van der Waals surface area contributed by atoms with Gasteiger partial charge in [-0.1, -0.05) is 19.9 Å². The fourth-order valence-corrected chi connectivity index (χ4v) is 1.89. The number of benzene rings is 1. The van der Waals surface area contributed by atoms with E-state index in [2.05, 4.69) is 28.5 Å². The summed E-state index contributed by atoms with van der Waals surface area (Å²) >= 11 is 0. The van der Waals surface area contributed by atoms with Crippen molar-refractivity contribution < 1.29 is 5.11 Å². The van der Waals surface area contributed by atoms with E-state index in [1.54, 1.807) is 0 Å². The van der Waals surface area contributed by atoms with Gasteiger partial charge >= 0.3 is 0 Å². The van der Waals surface area contributed by atoms with E-state index in [4.69, 9.17) is 0 Å². The molecule has 0 saturated heterocycles. The molecule has 1 heterocycles. The number of aliphatic hydroxyl groups excluding tert-OH is 1. The van der Waals surface area contributed by atoms with Crippen LogP contribution in [0, 0.1) is 5.41 Å². The number of aliphatic hydroxyl groups is 1. The number of aryl methyl sites for hydroxylation is 1. The molecule has 1 aromatic carbocycles. The average molecular weight is 247 g/mol. The maximum Gasteiger partial charge on any atom is 0.0955 e. The quantitative estimate of drug-likeness (QED) is 0.845. The zero-order valence-electron chi connectivity index (χ0n) is 11.3. The minimum Gasteiger partial charge on any atom is -0.396 e. The summed E-state index contributed by atoms with van der Waals surface area (Å²) in [6, 6.07) is 6.31. The second kappa shape index (κ2) is 5.08. The molecule has 0 aliphatic carbocycles. The minimum absolute atomic E-state index is 0.0743. The summed E-state index contributed by atoms with van der Waals surface area (Å²) < 4.78 is 2.02. The van der Waals surface area contributed by atoms with Crippen molar-refractivity contribution in [3.63, 3.8) is 0 Å². The minimum atomic E-state index is -0.0743. The molecule has 0 spiro atoms. The normalized spacial score (nSPS) is 12.2. The van der Waals surface area contributed by atoms with Crippen molar-refractivity contribution in [2.45, 2.75) is 20.4 Å². The van der Waals surface area contributed by atoms with E-state index in [9.17, 15) is 5.11 Å². The molecule has 1 aromatic heterocycles. The summed E-state index contributed by atoms with van der Waals surface area (Å²) in [5, 5.41) is 12.6. The number of hydrogen-bond acceptors (Lipinski definition) is 3. The Bertz CT molecular complexity index is 531. The predicted octanol–water partition coefficient (Wildman–Crippen LogP) is 1.68. The molecular formula is C14H21N3O. The molecule has 0 bridgehead atoms. The molecule has 0 aliphatic heterocycles. The first kappa shape index (κ1) is 13.1. The molecule has 0 radical (unpaired) electrons. The smallest absolute Gasteiger partial charge is 0.0955 e. The van der Waals surface area contributed by atoms with Gasteiger partial charge in [0.05, 0.1) is 17.4 Å². The summed E-state index contributed by atoms with van der Waals surface area (Å²) in [4.78, 5) is 4.35. The van der Waals surface area contributed by atoms with Crippen LogP contribution in [-0.4, -0.2) is 27.8 Å². The molecular weight excluding hydrogens is 226 g/mol. The highest BCUT2D eigenvalue weighted by molar-refractivity contribution is 5.75. The molecule has 0 unspecified atom stereocenters. The highest BCUT2D eigenvalue weighted by Gasteiger charge is 2.15. The number of nitrogens with zero attached hydrogens (tertiary/aromatic N) is 2. The van der Waals surface area contributed by atoms with Crippen LogP contribution in [-0.2, 0) is 13.6 Å². The van der Waals surface area contributed by atoms with E-state index in [-0.39, 0.29) is 12.0 Å². The molecule has 0 fully saturated rings. The first-order valence-electron chi connectivity index (χ1n) is 6.23. The Morgan fingerprint density at radius 1 is 1.39 bits per heavy atom. The Balaban J connectivity index is 2.00. The summed E-state index contributed by atoms with van der Waals surface area (Å²) in [6.45, 7) is 5.88. The zero-order chi connectivity index (χ0) is 13.2. The largest absolute Gasteiger partial charge is 0.396 e. The fourth-order valence-electron chi connectivity index (χ4n) is 1.89. The average Bonchev–Trinajstić information content (AvgIpc) is 2.71. The lowest BCUT2D eigenvalue weighted by Crippen LogP contribution is -2.31. The van der Waals surface area contributed by atoms with Crippen LogP contribution in [0.2, 0.25) is 0 Å². The summed E-state index contributed by atoms with van der Waals surface area (Å²) in [6.07, 6.45) is 1.83. The highest BCUT2D eigenvalue weighted by atomic mass is 16.3. The second-order valence-electron chi connectivity index (χ2n) is 5.60. The van der Waals surface area contributed by atoms with E-state index in [0.29, 0.717) is 0 Å². The SMILES string of the molecule is Cn1cnc2cc(CNCC(C)(C)CO)ccc21. The summed E-state index contributed by atoms with van der Waals surface area (Å²) in [5.41, 5.74) is 3.32. The van der Waals surface area contributed by atoms with Crippen LogP contribution in [0.1, 0.15) is 19.4 Å². The summed E-state index contributed by atoms with van der Waals surface area (Å²) in [7, 11) is 2.00. The van der Waals surface area contributed by atoms with Crippen molar-refractivity contribution >= 4 is 11.0 Å². The number of fused-ring (bicyclic) bond motifs is 1. The number of rotatable bonds is 5. The van der Waals surface area contributed by atoms with Gasteiger partial charge in [-0.25, -0.2) is 4.98 Å². The third kappa shape index (κ3) is 2.89. The van der Waals surface area contributed by atoms with Crippen molar-refractivity contribution in [2.24, 2.45) is 12.5 Å². The Kier molecular flexibility index (Phi) is 3.68. The topological polar surface area (TPSA) is 50.1 Å². The number of aromatic nitrogens is 2. The maximum absolute atomic E-state index is 9.18. The van der Waals surface area contributed by atoms with E-state index in [0.717, 1.165) is 24.1 Å². The van der Waals surface area contributed by atoms with Gasteiger partial charge in [0.2, 0.25) is 0 Å². The van der Waals surface area contributed by atoms with Crippen LogP contribution < -0.4 is 5.32 Å². The third-order valence-electron chi connectivity index (χ3n) is 3.15. The van der Waals surface area contributed by atoms with Gasteiger partial charge in [-0.15, -0.1) is 0 Å². The van der Waals surface area contributed by atoms with E-state index >= 15 is 0 Å². The van der Waals surface area contributed by atoms with Crippen molar-refractivity contribution in [1.82, 2.24) is 14.9 Å². The molecule has 2 rings (SSSR count). The maximum atomic E-state index is 9.18. The van der Waals surface area contributed by atoms with Crippen LogP contribution in [0.15, 0.2) is 24.5 Å². The molecule has 0 saturated carbocycles. The van der Waals surface area contributed by atoms with Gasteiger partial charge in [-0.05, 0) is 17.7 Å². The Morgan fingerprint density at radius 2 is 2.17 bits per heavy atom. The summed E-state index contributed by atoms with van der Waals surface area (Å²) in [5.74, 6) is 0. The van der Waals surface area contributed by atoms with Gasteiger partial charge in [0, 0.05) is 32.2 Å². The second-order valence-corrected chi connectivity index (χ2v) is 5.60. The van der Waals surface area contributed by atoms with E-state index in [1.807, 2.05) is 31.8 Å². The van der Waals surface area contributed by atoms with Gasteiger partial charge in [-0.3, -0.25) is 0 Å². The van der Waals surface area contributed by atoms with Gasteiger partial charge in [0.1, 0.15) is 0 Å². The first-order chi connectivity index (χ1) is 8.52. The lowest BCUT2D eigenvalue weighted by atomic mass is 9.95. The fraction of sp³-hybridized carbons (Fsp3) is 0.500. The van der Waals surface area contributed by atoms with Crippen molar-refractivity contribution in [2.75, 3.05) is 13.2 Å². The van der Waals surface area contributed by atoms with Crippen molar-refractivity contribution in [3.8, 4) is 0 Å². The first-order valence-corrected chi connectivity index (χ1v) is 6.23. The number of nitrogens with one attached hydrogen (secondary N) is 1. The highest BCUT2D eigenvalue weighted by Crippen LogP contribution is 2.15. The van der Waals surface area contributed by atoms with Gasteiger partial charge in [-0.2, -0.15) is 0 Å². The molecule has 98 valence electrons. The Labute approximate surface area is 108 Å². The lowest BCUT2D eigenvalue weighted by Gasteiger charge is -2.21. The lowest BCUT2D eigenvalue weighted by molar-refractivity contribution is 0.156. The van der Waals surface area contributed by atoms with Crippen LogP contribution in [0.25, 0.3) is 11.0 Å². The Hall–Kier alpha value is -1.39. The van der Waals surface area contributed by atoms with Crippen LogP contribution in [0.5, 0.6) is 0 Å². The van der Waals surface area contributed by atoms with Crippen molar-refractivity contribution in [3.05, 3.63) is 30.1 Å². The van der Waals surface area contributed by atoms with E-state index < -0.39 is 0 Å². The molecule has 4 heteroatoms. The standard InChI is InChI=1S/C14H21N3O/c1-14(2,9-18)8-15-7-11-4-5-13-12(6-11)16-10-17(13)3/h4-6,10,15,18H,7-9H2,1-3H3. The molecule has 0 atom stereocenters. The predicted molar refractivity (Wildman–Crippen MR) is 73.3 cm³/mol. The van der Waals surface area contributed by atoms with Gasteiger partial charge in [0.25, 0.3) is 0 Å². The number of imidazole rings is 1. The van der Waals surface area contributed by atoms with Gasteiger partial charge in [0.15, 0.2) is 0 Å². The Morgan fingerprint density at radius 3 is 2.89 bits per heavy atom. The zero-order valence-corrected chi connectivity index (χ0v) is 11.3.